The van der Waals surface area contributed by atoms with E-state index < -0.39 is 0 Å². The second-order valence-electron chi connectivity index (χ2n) is 5.66. The first-order chi connectivity index (χ1) is 4.71. The van der Waals surface area contributed by atoms with Crippen molar-refractivity contribution in [3.8, 4) is 0 Å². The zero-order chi connectivity index (χ0) is 9.12. The van der Waals surface area contributed by atoms with E-state index >= 15 is 0 Å². The molecule has 0 saturated carbocycles. The fraction of sp³-hybridized carbons (Fsp3) is 1.00. The molecule has 0 aliphatic rings. The number of rotatable bonds is 2. The Morgan fingerprint density at radius 1 is 0.750 bits per heavy atom. The Labute approximate surface area is 94.4 Å². The van der Waals surface area contributed by atoms with E-state index in [2.05, 4.69) is 41.5 Å². The minimum Gasteiger partial charge on any atom is -0.676 e. The molecule has 0 rings (SSSR count). The molecule has 0 fully saturated rings. The molecule has 0 aromatic heterocycles. The average molecular weight is 195 g/mol. The largest absolute Gasteiger partial charge is 1.00 e. The smallest absolute Gasteiger partial charge is 0.676 e. The third-order valence-corrected chi connectivity index (χ3v) is 4.86. The first-order valence-corrected chi connectivity index (χ1v) is 7.02. The van der Waals surface area contributed by atoms with Gasteiger partial charge >= 0.3 is 18.9 Å². The molecule has 0 aromatic rings. The van der Waals surface area contributed by atoms with Crippen LogP contribution in [-0.4, -0.2) is 19.4 Å². The van der Waals surface area contributed by atoms with Crippen molar-refractivity contribution in [1.82, 2.24) is 0 Å². The summed E-state index contributed by atoms with van der Waals surface area (Å²) in [7, 11) is -0.287. The number of hydrogen-bond acceptors (Lipinski definition) is 0. The van der Waals surface area contributed by atoms with E-state index in [4.69, 9.17) is 4.65 Å². The van der Waals surface area contributed by atoms with Gasteiger partial charge in [-0.25, -0.2) is 0 Å². The van der Waals surface area contributed by atoms with Crippen molar-refractivity contribution in [2.75, 3.05) is 0 Å². The van der Waals surface area contributed by atoms with Crippen LogP contribution in [-0.2, 0) is 0 Å². The summed E-state index contributed by atoms with van der Waals surface area (Å²) >= 11 is 0. The van der Waals surface area contributed by atoms with Crippen molar-refractivity contribution in [2.24, 2.45) is 0 Å². The number of nitrogens with zero attached hydrogens (tertiary/aromatic N) is 1. The summed E-state index contributed by atoms with van der Waals surface area (Å²) in [6.45, 7) is 13.8. The molecule has 1 nitrogen and oxygen atoms in total. The van der Waals surface area contributed by atoms with Gasteiger partial charge in [-0.1, -0.05) is 71.0 Å². The monoisotopic (exact) mass is 195 g/mol. The topological polar surface area (TPSA) is 14.1 Å². The van der Waals surface area contributed by atoms with Gasteiger partial charge in [0.25, 0.3) is 0 Å². The summed E-state index contributed by atoms with van der Waals surface area (Å²) in [4.78, 5) is 0. The van der Waals surface area contributed by atoms with Crippen LogP contribution in [0.2, 0.25) is 10.1 Å². The molecule has 0 atom stereocenters. The van der Waals surface area contributed by atoms with Crippen molar-refractivity contribution in [2.45, 2.75) is 51.6 Å². The summed E-state index contributed by atoms with van der Waals surface area (Å²) in [5.74, 6) is 0. The van der Waals surface area contributed by atoms with Crippen molar-refractivity contribution in [3.05, 3.63) is 4.65 Å². The standard InChI is InChI=1S/C8H22NSi2.Li/c1-7(2,3)10-9-11-8(4,5)6;/h10-11H2,1-6H3;/q-1;+1. The predicted molar refractivity (Wildman–Crippen MR) is 59.9 cm³/mol. The molecule has 0 aromatic carbocycles. The Kier molecular flexibility index (Phi) is 7.30. The molecule has 12 heavy (non-hydrogen) atoms. The molecular weight excluding hydrogens is 173 g/mol. The molecule has 0 N–H and O–H groups in total. The third kappa shape index (κ3) is 13.6. The van der Waals surface area contributed by atoms with Crippen LogP contribution in [0.15, 0.2) is 0 Å². The van der Waals surface area contributed by atoms with Crippen LogP contribution in [0.5, 0.6) is 0 Å². The van der Waals surface area contributed by atoms with Gasteiger partial charge in [-0.05, 0) is 0 Å². The van der Waals surface area contributed by atoms with Crippen molar-refractivity contribution < 1.29 is 18.9 Å². The molecule has 0 aliphatic heterocycles. The van der Waals surface area contributed by atoms with Gasteiger partial charge in [-0.15, -0.1) is 0 Å². The fourth-order valence-electron chi connectivity index (χ4n) is 0.727. The zero-order valence-electron chi connectivity index (χ0n) is 9.86. The van der Waals surface area contributed by atoms with Gasteiger partial charge in [-0.2, -0.15) is 0 Å². The molecule has 4 heteroatoms. The van der Waals surface area contributed by atoms with E-state index in [0.29, 0.717) is 10.1 Å². The molecule has 68 valence electrons. The van der Waals surface area contributed by atoms with Crippen LogP contribution in [0.3, 0.4) is 0 Å². The first-order valence-electron chi connectivity index (χ1n) is 4.34. The van der Waals surface area contributed by atoms with Crippen molar-refractivity contribution in [1.29, 1.82) is 0 Å². The molecule has 0 unspecified atom stereocenters. The van der Waals surface area contributed by atoms with E-state index in [1.165, 1.54) is 0 Å². The van der Waals surface area contributed by atoms with Crippen LogP contribution in [0.1, 0.15) is 41.5 Å². The molecule has 0 aliphatic carbocycles. The summed E-state index contributed by atoms with van der Waals surface area (Å²) < 4.78 is 4.79. The fourth-order valence-corrected chi connectivity index (χ4v) is 6.54. The second kappa shape index (κ2) is 5.66. The normalized spacial score (nSPS) is 14.5. The molecule has 0 heterocycles. The Morgan fingerprint density at radius 3 is 1.17 bits per heavy atom. The van der Waals surface area contributed by atoms with E-state index in [1.54, 1.807) is 0 Å². The summed E-state index contributed by atoms with van der Waals surface area (Å²) in [6.07, 6.45) is 0. The predicted octanol–water partition coefficient (Wildman–Crippen LogP) is -1.03. The number of hydrogen-bond donors (Lipinski definition) is 0. The van der Waals surface area contributed by atoms with Gasteiger partial charge in [0.1, 0.15) is 0 Å². The van der Waals surface area contributed by atoms with E-state index in [1.807, 2.05) is 0 Å². The molecule has 0 radical (unpaired) electrons. The van der Waals surface area contributed by atoms with Crippen LogP contribution >= 0.6 is 0 Å². The Hall–Kier alpha value is 0.991. The maximum absolute atomic E-state index is 4.79. The third-order valence-electron chi connectivity index (χ3n) is 1.17. The van der Waals surface area contributed by atoms with Crippen LogP contribution in [0, 0.1) is 0 Å². The van der Waals surface area contributed by atoms with Gasteiger partial charge < -0.3 is 4.65 Å². The van der Waals surface area contributed by atoms with E-state index in [9.17, 15) is 0 Å². The van der Waals surface area contributed by atoms with Gasteiger partial charge in [-0.3, -0.25) is 0 Å². The minimum atomic E-state index is -0.143. The zero-order valence-corrected chi connectivity index (χ0v) is 12.7. The van der Waals surface area contributed by atoms with Crippen molar-refractivity contribution in [3.63, 3.8) is 0 Å². The Balaban J connectivity index is 0. The second-order valence-corrected chi connectivity index (χ2v) is 12.3. The van der Waals surface area contributed by atoms with E-state index in [-0.39, 0.29) is 38.2 Å². The molecule has 0 saturated heterocycles. The SMILES string of the molecule is CC(C)(C)[SiH2][N-][SiH2]C(C)(C)C.[Li+]. The minimum absolute atomic E-state index is 0. The molecule has 0 bridgehead atoms. The average Bonchev–Trinajstić information content (AvgIpc) is 1.55. The maximum Gasteiger partial charge on any atom is 1.00 e. The van der Waals surface area contributed by atoms with Gasteiger partial charge in [0.05, 0.1) is 0 Å². The van der Waals surface area contributed by atoms with Crippen molar-refractivity contribution >= 4 is 19.4 Å². The van der Waals surface area contributed by atoms with Crippen LogP contribution in [0.4, 0.5) is 0 Å². The quantitative estimate of drug-likeness (QED) is 0.500. The Bertz CT molecular complexity index is 101. The van der Waals surface area contributed by atoms with Gasteiger partial charge in [0.2, 0.25) is 0 Å². The van der Waals surface area contributed by atoms with Gasteiger partial charge in [0.15, 0.2) is 0 Å². The summed E-state index contributed by atoms with van der Waals surface area (Å²) in [5.41, 5.74) is 0. The molecule has 0 spiro atoms. The van der Waals surface area contributed by atoms with Crippen LogP contribution in [0.25, 0.3) is 4.65 Å². The summed E-state index contributed by atoms with van der Waals surface area (Å²) in [5, 5.41) is 1.05. The van der Waals surface area contributed by atoms with E-state index in [0.717, 1.165) is 0 Å². The maximum atomic E-state index is 4.79. The first kappa shape index (κ1) is 15.5. The summed E-state index contributed by atoms with van der Waals surface area (Å²) in [6, 6.07) is 0. The Morgan fingerprint density at radius 2 is 1.00 bits per heavy atom. The molecule has 0 amide bonds. The molecular formula is C8H22LiNSi2. The van der Waals surface area contributed by atoms with Crippen LogP contribution < -0.4 is 18.9 Å². The van der Waals surface area contributed by atoms with Gasteiger partial charge in [0, 0.05) is 0 Å².